The van der Waals surface area contributed by atoms with E-state index in [4.69, 9.17) is 4.74 Å². The largest absolute Gasteiger partial charge is 0.378 e. The zero-order chi connectivity index (χ0) is 12.8. The zero-order valence-corrected chi connectivity index (χ0v) is 11.2. The first-order valence-electron chi connectivity index (χ1n) is 6.67. The number of ether oxygens (including phenoxy) is 1. The van der Waals surface area contributed by atoms with Crippen LogP contribution in [-0.4, -0.2) is 43.0 Å². The van der Waals surface area contributed by atoms with E-state index in [2.05, 4.69) is 33.4 Å². The van der Waals surface area contributed by atoms with Crippen molar-refractivity contribution in [2.24, 2.45) is 0 Å². The van der Waals surface area contributed by atoms with Crippen LogP contribution in [0, 0.1) is 0 Å². The predicted octanol–water partition coefficient (Wildman–Crippen LogP) is 1.20. The van der Waals surface area contributed by atoms with Gasteiger partial charge in [-0.15, -0.1) is 5.10 Å². The smallest absolute Gasteiger partial charge is 0.151 e. The molecule has 5 nitrogen and oxygen atoms in total. The van der Waals surface area contributed by atoms with Crippen LogP contribution in [0.25, 0.3) is 0 Å². The highest BCUT2D eigenvalue weighted by atomic mass is 16.5. The summed E-state index contributed by atoms with van der Waals surface area (Å²) >= 11 is 0. The molecule has 1 fully saturated rings. The maximum Gasteiger partial charge on any atom is 0.151 e. The number of anilines is 1. The minimum atomic E-state index is 0.419. The number of nitrogens with one attached hydrogen (secondary N) is 1. The second-order valence-corrected chi connectivity index (χ2v) is 4.55. The molecule has 1 aromatic heterocycles. The molecule has 1 aliphatic heterocycles. The third-order valence-corrected chi connectivity index (χ3v) is 3.23. The molecule has 0 aliphatic carbocycles. The van der Waals surface area contributed by atoms with Crippen molar-refractivity contribution in [2.45, 2.75) is 32.4 Å². The Balaban J connectivity index is 1.89. The molecule has 18 heavy (non-hydrogen) atoms. The third-order valence-electron chi connectivity index (χ3n) is 3.23. The Hall–Kier alpha value is -1.20. The van der Waals surface area contributed by atoms with Crippen molar-refractivity contribution < 1.29 is 4.74 Å². The fraction of sp³-hybridized carbons (Fsp3) is 0.692. The Labute approximate surface area is 109 Å². The molecule has 2 heterocycles. The molecular weight excluding hydrogens is 228 g/mol. The molecule has 0 atom stereocenters. The van der Waals surface area contributed by atoms with Crippen LogP contribution < -0.4 is 10.2 Å². The van der Waals surface area contributed by atoms with Gasteiger partial charge < -0.3 is 15.0 Å². The number of nitrogens with zero attached hydrogens (tertiary/aromatic N) is 3. The van der Waals surface area contributed by atoms with Crippen LogP contribution in [0.15, 0.2) is 12.1 Å². The maximum atomic E-state index is 5.65. The van der Waals surface area contributed by atoms with Gasteiger partial charge in [-0.25, -0.2) is 0 Å². The Morgan fingerprint density at radius 1 is 1.33 bits per heavy atom. The molecule has 0 radical (unpaired) electrons. The molecule has 0 saturated carbocycles. The van der Waals surface area contributed by atoms with Gasteiger partial charge in [-0.2, -0.15) is 5.10 Å². The van der Waals surface area contributed by atoms with Gasteiger partial charge in [0.15, 0.2) is 5.82 Å². The van der Waals surface area contributed by atoms with E-state index in [-0.39, 0.29) is 0 Å². The molecule has 0 amide bonds. The number of rotatable bonds is 5. The second-order valence-electron chi connectivity index (χ2n) is 4.55. The standard InChI is InChI=1S/C13H22N4O/c1-3-18-12-6-8-17(9-7-12)13-5-4-11(10-14-2)15-16-13/h4-5,12,14H,3,6-10H2,1-2H3. The quantitative estimate of drug-likeness (QED) is 0.851. The van der Waals surface area contributed by atoms with Crippen molar-refractivity contribution in [3.8, 4) is 0 Å². The Kier molecular flexibility index (Phi) is 4.90. The lowest BCUT2D eigenvalue weighted by atomic mass is 10.1. The molecule has 1 N–H and O–H groups in total. The number of piperidine rings is 1. The van der Waals surface area contributed by atoms with E-state index < -0.39 is 0 Å². The van der Waals surface area contributed by atoms with E-state index in [1.54, 1.807) is 0 Å². The molecule has 1 aliphatic rings. The van der Waals surface area contributed by atoms with Gasteiger partial charge >= 0.3 is 0 Å². The van der Waals surface area contributed by atoms with Gasteiger partial charge in [0.1, 0.15) is 0 Å². The molecule has 1 saturated heterocycles. The Morgan fingerprint density at radius 3 is 2.67 bits per heavy atom. The molecular formula is C13H22N4O. The normalized spacial score (nSPS) is 17.1. The van der Waals surface area contributed by atoms with Gasteiger partial charge in [0.05, 0.1) is 11.8 Å². The van der Waals surface area contributed by atoms with Crippen molar-refractivity contribution in [1.29, 1.82) is 0 Å². The summed E-state index contributed by atoms with van der Waals surface area (Å²) in [5.74, 6) is 0.977. The average Bonchev–Trinajstić information content (AvgIpc) is 2.41. The van der Waals surface area contributed by atoms with E-state index in [1.807, 2.05) is 13.1 Å². The van der Waals surface area contributed by atoms with Crippen LogP contribution in [-0.2, 0) is 11.3 Å². The monoisotopic (exact) mass is 250 g/mol. The van der Waals surface area contributed by atoms with Gasteiger partial charge in [0, 0.05) is 26.2 Å². The maximum absolute atomic E-state index is 5.65. The fourth-order valence-electron chi connectivity index (χ4n) is 2.28. The van der Waals surface area contributed by atoms with Gasteiger partial charge in [-0.3, -0.25) is 0 Å². The number of hydrogen-bond donors (Lipinski definition) is 1. The van der Waals surface area contributed by atoms with Crippen LogP contribution in [0.4, 0.5) is 5.82 Å². The van der Waals surface area contributed by atoms with E-state index >= 15 is 0 Å². The Bertz CT molecular complexity index is 347. The summed E-state index contributed by atoms with van der Waals surface area (Å²) in [6.07, 6.45) is 2.57. The first-order valence-corrected chi connectivity index (χ1v) is 6.67. The van der Waals surface area contributed by atoms with Crippen molar-refractivity contribution in [3.05, 3.63) is 17.8 Å². The van der Waals surface area contributed by atoms with Gasteiger partial charge in [-0.05, 0) is 38.9 Å². The van der Waals surface area contributed by atoms with Crippen LogP contribution in [0.3, 0.4) is 0 Å². The summed E-state index contributed by atoms with van der Waals surface area (Å²) in [6, 6.07) is 4.09. The molecule has 0 unspecified atom stereocenters. The van der Waals surface area contributed by atoms with E-state index in [9.17, 15) is 0 Å². The molecule has 100 valence electrons. The lowest BCUT2D eigenvalue weighted by molar-refractivity contribution is 0.0458. The van der Waals surface area contributed by atoms with Gasteiger partial charge in [-0.1, -0.05) is 0 Å². The molecule has 2 rings (SSSR count). The van der Waals surface area contributed by atoms with Crippen molar-refractivity contribution >= 4 is 5.82 Å². The number of hydrogen-bond acceptors (Lipinski definition) is 5. The van der Waals surface area contributed by atoms with Crippen molar-refractivity contribution in [3.63, 3.8) is 0 Å². The summed E-state index contributed by atoms with van der Waals surface area (Å²) < 4.78 is 5.65. The highest BCUT2D eigenvalue weighted by Crippen LogP contribution is 2.18. The number of aromatic nitrogens is 2. The summed E-state index contributed by atoms with van der Waals surface area (Å²) in [6.45, 7) is 5.64. The van der Waals surface area contributed by atoms with Crippen molar-refractivity contribution in [1.82, 2.24) is 15.5 Å². The molecule has 5 heteroatoms. The second kappa shape index (κ2) is 6.66. The highest BCUT2D eigenvalue weighted by molar-refractivity contribution is 5.37. The summed E-state index contributed by atoms with van der Waals surface area (Å²) in [5.41, 5.74) is 0.977. The fourth-order valence-corrected chi connectivity index (χ4v) is 2.28. The average molecular weight is 250 g/mol. The topological polar surface area (TPSA) is 50.3 Å². The first kappa shape index (κ1) is 13.2. The van der Waals surface area contributed by atoms with E-state index in [1.165, 1.54) is 0 Å². The van der Waals surface area contributed by atoms with Crippen LogP contribution in [0.2, 0.25) is 0 Å². The van der Waals surface area contributed by atoms with Crippen molar-refractivity contribution in [2.75, 3.05) is 31.6 Å². The summed E-state index contributed by atoms with van der Waals surface area (Å²) in [5, 5.41) is 11.6. The van der Waals surface area contributed by atoms with E-state index in [0.717, 1.165) is 50.6 Å². The molecule has 1 aromatic rings. The first-order chi connectivity index (χ1) is 8.83. The van der Waals surface area contributed by atoms with E-state index in [0.29, 0.717) is 6.10 Å². The van der Waals surface area contributed by atoms with Crippen LogP contribution in [0.1, 0.15) is 25.5 Å². The minimum absolute atomic E-state index is 0.419. The summed E-state index contributed by atoms with van der Waals surface area (Å²) in [4.78, 5) is 2.28. The van der Waals surface area contributed by atoms with Crippen LogP contribution >= 0.6 is 0 Å². The SMILES string of the molecule is CCOC1CCN(c2ccc(CNC)nn2)CC1. The molecule has 0 aromatic carbocycles. The van der Waals surface area contributed by atoms with Gasteiger partial charge in [0.2, 0.25) is 0 Å². The third kappa shape index (κ3) is 3.40. The van der Waals surface area contributed by atoms with Crippen LogP contribution in [0.5, 0.6) is 0 Å². The summed E-state index contributed by atoms with van der Waals surface area (Å²) in [7, 11) is 1.91. The highest BCUT2D eigenvalue weighted by Gasteiger charge is 2.20. The Morgan fingerprint density at radius 2 is 2.11 bits per heavy atom. The zero-order valence-electron chi connectivity index (χ0n) is 11.2. The molecule has 0 spiro atoms. The molecule has 0 bridgehead atoms. The predicted molar refractivity (Wildman–Crippen MR) is 71.7 cm³/mol. The van der Waals surface area contributed by atoms with Gasteiger partial charge in [0.25, 0.3) is 0 Å². The lowest BCUT2D eigenvalue weighted by Crippen LogP contribution is -2.37. The minimum Gasteiger partial charge on any atom is -0.378 e. The lowest BCUT2D eigenvalue weighted by Gasteiger charge is -2.32.